The molecule has 1 rings (SSSR count). The fourth-order valence-corrected chi connectivity index (χ4v) is 3.12. The monoisotopic (exact) mass is 207 g/mol. The van der Waals surface area contributed by atoms with Gasteiger partial charge in [0, 0.05) is 24.8 Å². The molecule has 1 aliphatic carbocycles. The second-order valence-corrected chi connectivity index (χ2v) is 6.38. The van der Waals surface area contributed by atoms with Crippen molar-refractivity contribution in [1.82, 2.24) is 0 Å². The Hall–Kier alpha value is -0.130. The zero-order valence-electron chi connectivity index (χ0n) is 7.86. The van der Waals surface area contributed by atoms with Gasteiger partial charge in [0.1, 0.15) is 9.84 Å². The summed E-state index contributed by atoms with van der Waals surface area (Å²) in [6.45, 7) is 0.366. The van der Waals surface area contributed by atoms with Crippen molar-refractivity contribution in [3.63, 3.8) is 0 Å². The van der Waals surface area contributed by atoms with Gasteiger partial charge in [-0.15, -0.1) is 0 Å². The maximum atomic E-state index is 11.2. The minimum absolute atomic E-state index is 0.00444. The summed E-state index contributed by atoms with van der Waals surface area (Å²) < 4.78 is 22.5. The third-order valence-electron chi connectivity index (χ3n) is 3.03. The Morgan fingerprint density at radius 3 is 2.46 bits per heavy atom. The van der Waals surface area contributed by atoms with Gasteiger partial charge < -0.3 is 10.8 Å². The normalized spacial score (nSPS) is 35.2. The molecule has 5 heteroatoms. The van der Waals surface area contributed by atoms with Gasteiger partial charge in [0.05, 0.1) is 5.25 Å². The van der Waals surface area contributed by atoms with Crippen LogP contribution in [0.3, 0.4) is 0 Å². The zero-order valence-corrected chi connectivity index (χ0v) is 8.68. The first-order valence-corrected chi connectivity index (χ1v) is 6.39. The molecule has 0 spiro atoms. The van der Waals surface area contributed by atoms with E-state index in [1.165, 1.54) is 6.26 Å². The number of hydrogen-bond acceptors (Lipinski definition) is 4. The minimum atomic E-state index is -2.96. The third-order valence-corrected chi connectivity index (χ3v) is 4.64. The molecule has 4 nitrogen and oxygen atoms in total. The van der Waals surface area contributed by atoms with Gasteiger partial charge in [-0.3, -0.25) is 0 Å². The van der Waals surface area contributed by atoms with Crippen molar-refractivity contribution in [2.75, 3.05) is 19.4 Å². The first kappa shape index (κ1) is 10.9. The summed E-state index contributed by atoms with van der Waals surface area (Å²) in [6.07, 6.45) is 3.12. The van der Waals surface area contributed by atoms with Gasteiger partial charge in [0.2, 0.25) is 0 Å². The van der Waals surface area contributed by atoms with E-state index in [4.69, 9.17) is 10.8 Å². The van der Waals surface area contributed by atoms with Crippen LogP contribution in [0.4, 0.5) is 0 Å². The van der Waals surface area contributed by atoms with Crippen LogP contribution in [-0.2, 0) is 9.84 Å². The molecule has 0 aromatic carbocycles. The number of rotatable bonds is 3. The summed E-state index contributed by atoms with van der Waals surface area (Å²) in [4.78, 5) is 0. The van der Waals surface area contributed by atoms with E-state index < -0.39 is 9.84 Å². The number of nitrogens with two attached hydrogens (primary N) is 1. The lowest BCUT2D eigenvalue weighted by molar-refractivity contribution is 0.138. The quantitative estimate of drug-likeness (QED) is 0.655. The lowest BCUT2D eigenvalue weighted by atomic mass is 9.88. The summed E-state index contributed by atoms with van der Waals surface area (Å²) in [5, 5.41) is 8.82. The highest BCUT2D eigenvalue weighted by atomic mass is 32.2. The smallest absolute Gasteiger partial charge is 0.150 e. The summed E-state index contributed by atoms with van der Waals surface area (Å²) >= 11 is 0. The fourth-order valence-electron chi connectivity index (χ4n) is 1.91. The highest BCUT2D eigenvalue weighted by Gasteiger charge is 2.41. The van der Waals surface area contributed by atoms with E-state index in [9.17, 15) is 8.42 Å². The summed E-state index contributed by atoms with van der Waals surface area (Å²) in [5.74, 6) is 0. The average Bonchev–Trinajstić information content (AvgIpc) is 2.48. The van der Waals surface area contributed by atoms with Gasteiger partial charge in [-0.1, -0.05) is 0 Å². The molecule has 0 aromatic rings. The second-order valence-electron chi connectivity index (χ2n) is 4.06. The fraction of sp³-hybridized carbons (Fsp3) is 1.00. The van der Waals surface area contributed by atoms with Crippen molar-refractivity contribution in [3.05, 3.63) is 0 Å². The molecule has 0 saturated heterocycles. The van der Waals surface area contributed by atoms with Crippen LogP contribution in [0.5, 0.6) is 0 Å². The van der Waals surface area contributed by atoms with Crippen molar-refractivity contribution < 1.29 is 13.5 Å². The summed E-state index contributed by atoms with van der Waals surface area (Å²) in [7, 11) is -2.96. The minimum Gasteiger partial charge on any atom is -0.396 e. The van der Waals surface area contributed by atoms with Crippen molar-refractivity contribution in [3.8, 4) is 0 Å². The summed E-state index contributed by atoms with van der Waals surface area (Å²) in [5.41, 5.74) is 5.19. The van der Waals surface area contributed by atoms with Crippen LogP contribution in [0.25, 0.3) is 0 Å². The number of aliphatic hydroxyl groups is 1. The Bertz CT molecular complexity index is 269. The van der Waals surface area contributed by atoms with Gasteiger partial charge in [-0.05, 0) is 19.3 Å². The van der Waals surface area contributed by atoms with E-state index in [1.807, 2.05) is 0 Å². The van der Waals surface area contributed by atoms with Crippen LogP contribution >= 0.6 is 0 Å². The van der Waals surface area contributed by atoms with E-state index in [2.05, 4.69) is 0 Å². The second kappa shape index (κ2) is 3.55. The topological polar surface area (TPSA) is 80.4 Å². The Morgan fingerprint density at radius 1 is 1.62 bits per heavy atom. The van der Waals surface area contributed by atoms with Gasteiger partial charge in [0.15, 0.2) is 0 Å². The molecular weight excluding hydrogens is 190 g/mol. The highest BCUT2D eigenvalue weighted by Crippen LogP contribution is 2.39. The Morgan fingerprint density at radius 2 is 2.23 bits per heavy atom. The van der Waals surface area contributed by atoms with Crippen molar-refractivity contribution in [1.29, 1.82) is 0 Å². The van der Waals surface area contributed by atoms with Gasteiger partial charge >= 0.3 is 0 Å². The first-order chi connectivity index (χ1) is 5.93. The summed E-state index contributed by atoms with van der Waals surface area (Å²) in [6, 6.07) is 0. The first-order valence-electron chi connectivity index (χ1n) is 4.43. The third kappa shape index (κ3) is 2.21. The molecule has 1 saturated carbocycles. The van der Waals surface area contributed by atoms with E-state index in [-0.39, 0.29) is 17.3 Å². The maximum Gasteiger partial charge on any atom is 0.150 e. The molecule has 0 unspecified atom stereocenters. The van der Waals surface area contributed by atoms with Crippen LogP contribution in [-0.4, -0.2) is 38.2 Å². The van der Waals surface area contributed by atoms with Crippen LogP contribution in [0.15, 0.2) is 0 Å². The van der Waals surface area contributed by atoms with Crippen molar-refractivity contribution in [2.24, 2.45) is 11.1 Å². The molecule has 1 fully saturated rings. The lowest BCUT2D eigenvalue weighted by Crippen LogP contribution is -2.33. The molecule has 0 radical (unpaired) electrons. The van der Waals surface area contributed by atoms with E-state index in [1.54, 1.807) is 0 Å². The van der Waals surface area contributed by atoms with E-state index in [0.29, 0.717) is 19.4 Å². The van der Waals surface area contributed by atoms with Crippen LogP contribution < -0.4 is 5.73 Å². The van der Waals surface area contributed by atoms with Crippen LogP contribution in [0.1, 0.15) is 19.3 Å². The molecule has 3 N–H and O–H groups in total. The SMILES string of the molecule is CS(=O)(=O)[C@H]1CC[C@](CN)(CO)C1. The van der Waals surface area contributed by atoms with Crippen molar-refractivity contribution in [2.45, 2.75) is 24.5 Å². The maximum absolute atomic E-state index is 11.2. The molecule has 0 aliphatic heterocycles. The van der Waals surface area contributed by atoms with E-state index in [0.717, 1.165) is 6.42 Å². The Balaban J connectivity index is 2.73. The molecule has 1 aliphatic rings. The predicted molar refractivity (Wildman–Crippen MR) is 51.1 cm³/mol. The number of hydrogen-bond donors (Lipinski definition) is 2. The average molecular weight is 207 g/mol. The molecule has 2 atom stereocenters. The molecule has 0 aromatic heterocycles. The molecule has 13 heavy (non-hydrogen) atoms. The predicted octanol–water partition coefficient (Wildman–Crippen LogP) is -0.479. The van der Waals surface area contributed by atoms with E-state index >= 15 is 0 Å². The van der Waals surface area contributed by atoms with Gasteiger partial charge in [-0.25, -0.2) is 8.42 Å². The Kier molecular flexibility index (Phi) is 2.99. The molecule has 0 bridgehead atoms. The standard InChI is InChI=1S/C8H17NO3S/c1-13(11,12)7-2-3-8(4-7,5-9)6-10/h7,10H,2-6,9H2,1H3/t7-,8-/m0/s1. The highest BCUT2D eigenvalue weighted by molar-refractivity contribution is 7.91. The molecular formula is C8H17NO3S. The number of sulfone groups is 1. The lowest BCUT2D eigenvalue weighted by Gasteiger charge is -2.24. The Labute approximate surface area is 79.0 Å². The van der Waals surface area contributed by atoms with Crippen molar-refractivity contribution >= 4 is 9.84 Å². The van der Waals surface area contributed by atoms with Crippen LogP contribution in [0.2, 0.25) is 0 Å². The van der Waals surface area contributed by atoms with Gasteiger partial charge in [-0.2, -0.15) is 0 Å². The van der Waals surface area contributed by atoms with Gasteiger partial charge in [0.25, 0.3) is 0 Å². The molecule has 0 heterocycles. The molecule has 0 amide bonds. The number of aliphatic hydroxyl groups excluding tert-OH is 1. The zero-order chi connectivity index (χ0) is 10.1. The molecule has 78 valence electrons. The largest absolute Gasteiger partial charge is 0.396 e. The van der Waals surface area contributed by atoms with Crippen LogP contribution in [0, 0.1) is 5.41 Å².